The second-order valence-corrected chi connectivity index (χ2v) is 5.39. The molecule has 0 saturated heterocycles. The minimum atomic E-state index is 0.286. The second kappa shape index (κ2) is 7.53. The third kappa shape index (κ3) is 4.23. The van der Waals surface area contributed by atoms with E-state index in [9.17, 15) is 0 Å². The van der Waals surface area contributed by atoms with Crippen LogP contribution in [0.3, 0.4) is 0 Å². The Hall–Kier alpha value is -1.03. The van der Waals surface area contributed by atoms with Crippen LogP contribution in [-0.4, -0.2) is 17.6 Å². The number of oxazole rings is 1. The molecule has 108 valence electrons. The average molecular weight is 266 g/mol. The fourth-order valence-corrected chi connectivity index (χ4v) is 2.74. The van der Waals surface area contributed by atoms with Gasteiger partial charge in [-0.05, 0) is 44.6 Å². The molecule has 0 spiro atoms. The summed E-state index contributed by atoms with van der Waals surface area (Å²) in [5.74, 6) is 0.655. The van der Waals surface area contributed by atoms with Crippen molar-refractivity contribution in [1.29, 1.82) is 0 Å². The van der Waals surface area contributed by atoms with Gasteiger partial charge in [0.15, 0.2) is 0 Å². The summed E-state index contributed by atoms with van der Waals surface area (Å²) in [5.41, 5.74) is 0.923. The van der Waals surface area contributed by atoms with Crippen LogP contribution in [0.15, 0.2) is 10.7 Å². The molecular weight excluding hydrogens is 240 g/mol. The molecule has 0 bridgehead atoms. The highest BCUT2D eigenvalue weighted by molar-refractivity contribution is 5.00. The number of aromatic nitrogens is 1. The fraction of sp³-hybridized carbons (Fsp3) is 0.800. The zero-order valence-electron chi connectivity index (χ0n) is 12.2. The van der Waals surface area contributed by atoms with E-state index in [2.05, 4.69) is 24.1 Å². The van der Waals surface area contributed by atoms with Crippen LogP contribution in [0.1, 0.15) is 58.1 Å². The van der Waals surface area contributed by atoms with Crippen molar-refractivity contribution in [2.75, 3.05) is 6.54 Å². The summed E-state index contributed by atoms with van der Waals surface area (Å²) in [6, 6.07) is 0. The second-order valence-electron chi connectivity index (χ2n) is 5.39. The van der Waals surface area contributed by atoms with E-state index in [4.69, 9.17) is 9.15 Å². The SMILES string of the molecule is CCCNCc1coc(OC2CCCCC2CC)n1. The van der Waals surface area contributed by atoms with Crippen molar-refractivity contribution >= 4 is 0 Å². The molecule has 4 heteroatoms. The van der Waals surface area contributed by atoms with Crippen molar-refractivity contribution in [3.63, 3.8) is 0 Å². The van der Waals surface area contributed by atoms with Gasteiger partial charge in [0.2, 0.25) is 0 Å². The first kappa shape index (κ1) is 14.4. The van der Waals surface area contributed by atoms with Gasteiger partial charge in [-0.25, -0.2) is 0 Å². The smallest absolute Gasteiger partial charge is 0.394 e. The molecule has 0 aliphatic heterocycles. The molecular formula is C15H26N2O2. The first-order valence-corrected chi connectivity index (χ1v) is 7.65. The summed E-state index contributed by atoms with van der Waals surface area (Å²) < 4.78 is 11.4. The van der Waals surface area contributed by atoms with Crippen LogP contribution in [0.4, 0.5) is 0 Å². The lowest BCUT2D eigenvalue weighted by Crippen LogP contribution is -2.30. The molecule has 2 unspecified atom stereocenters. The van der Waals surface area contributed by atoms with E-state index >= 15 is 0 Å². The minimum absolute atomic E-state index is 0.286. The molecule has 1 aromatic rings. The van der Waals surface area contributed by atoms with Crippen LogP contribution in [0, 0.1) is 5.92 Å². The summed E-state index contributed by atoms with van der Waals surface area (Å²) in [6.07, 6.45) is 9.71. The van der Waals surface area contributed by atoms with Crippen LogP contribution in [0.5, 0.6) is 6.08 Å². The Morgan fingerprint density at radius 1 is 1.37 bits per heavy atom. The Morgan fingerprint density at radius 2 is 2.21 bits per heavy atom. The number of nitrogens with one attached hydrogen (secondary N) is 1. The van der Waals surface area contributed by atoms with Gasteiger partial charge in [0.05, 0.1) is 5.69 Å². The van der Waals surface area contributed by atoms with E-state index < -0.39 is 0 Å². The van der Waals surface area contributed by atoms with Crippen LogP contribution in [-0.2, 0) is 6.54 Å². The quantitative estimate of drug-likeness (QED) is 0.767. The van der Waals surface area contributed by atoms with Gasteiger partial charge >= 0.3 is 6.08 Å². The summed E-state index contributed by atoms with van der Waals surface area (Å²) in [4.78, 5) is 4.39. The molecule has 0 radical (unpaired) electrons. The van der Waals surface area contributed by atoms with E-state index in [1.54, 1.807) is 6.26 Å². The van der Waals surface area contributed by atoms with Crippen LogP contribution < -0.4 is 10.1 Å². The van der Waals surface area contributed by atoms with Gasteiger partial charge in [-0.15, -0.1) is 0 Å². The first-order valence-electron chi connectivity index (χ1n) is 7.65. The average Bonchev–Trinajstić information content (AvgIpc) is 2.87. The van der Waals surface area contributed by atoms with Gasteiger partial charge in [0, 0.05) is 6.54 Å². The van der Waals surface area contributed by atoms with Gasteiger partial charge in [0.25, 0.3) is 0 Å². The largest absolute Gasteiger partial charge is 0.447 e. The predicted octanol–water partition coefficient (Wildman–Crippen LogP) is 3.52. The third-order valence-electron chi connectivity index (χ3n) is 3.88. The standard InChI is InChI=1S/C15H26N2O2/c1-3-9-16-10-13-11-18-15(17-13)19-14-8-6-5-7-12(14)4-2/h11-12,14,16H,3-10H2,1-2H3. The van der Waals surface area contributed by atoms with E-state index in [0.717, 1.165) is 31.6 Å². The topological polar surface area (TPSA) is 47.3 Å². The van der Waals surface area contributed by atoms with Crippen molar-refractivity contribution in [1.82, 2.24) is 10.3 Å². The summed E-state index contributed by atoms with van der Waals surface area (Å²) in [5, 5.41) is 3.31. The molecule has 0 amide bonds. The highest BCUT2D eigenvalue weighted by Crippen LogP contribution is 2.30. The molecule has 1 aromatic heterocycles. The molecule has 1 aliphatic carbocycles. The molecule has 0 aromatic carbocycles. The molecule has 4 nitrogen and oxygen atoms in total. The first-order chi connectivity index (χ1) is 9.33. The number of hydrogen-bond donors (Lipinski definition) is 1. The molecule has 2 rings (SSSR count). The molecule has 1 fully saturated rings. The van der Waals surface area contributed by atoms with Crippen molar-refractivity contribution in [2.24, 2.45) is 5.92 Å². The van der Waals surface area contributed by atoms with Gasteiger partial charge in [-0.1, -0.05) is 20.3 Å². The zero-order chi connectivity index (χ0) is 13.5. The molecule has 1 heterocycles. The summed E-state index contributed by atoms with van der Waals surface area (Å²) >= 11 is 0. The monoisotopic (exact) mass is 266 g/mol. The lowest BCUT2D eigenvalue weighted by Gasteiger charge is -2.29. The maximum absolute atomic E-state index is 5.94. The maximum Gasteiger partial charge on any atom is 0.394 e. The van der Waals surface area contributed by atoms with Gasteiger partial charge in [0.1, 0.15) is 12.4 Å². The maximum atomic E-state index is 5.94. The third-order valence-corrected chi connectivity index (χ3v) is 3.88. The highest BCUT2D eigenvalue weighted by Gasteiger charge is 2.26. The van der Waals surface area contributed by atoms with Crippen molar-refractivity contribution in [2.45, 2.75) is 65.0 Å². The van der Waals surface area contributed by atoms with Crippen LogP contribution in [0.25, 0.3) is 0 Å². The number of rotatable bonds is 7. The van der Waals surface area contributed by atoms with Crippen molar-refractivity contribution in [3.05, 3.63) is 12.0 Å². The number of hydrogen-bond acceptors (Lipinski definition) is 4. The highest BCUT2D eigenvalue weighted by atomic mass is 16.6. The summed E-state index contributed by atoms with van der Waals surface area (Å²) in [7, 11) is 0. The van der Waals surface area contributed by atoms with E-state index in [-0.39, 0.29) is 6.10 Å². The molecule has 2 atom stereocenters. The molecule has 1 N–H and O–H groups in total. The predicted molar refractivity (Wildman–Crippen MR) is 75.2 cm³/mol. The number of nitrogens with zero attached hydrogens (tertiary/aromatic N) is 1. The van der Waals surface area contributed by atoms with E-state index in [1.165, 1.54) is 25.7 Å². The lowest BCUT2D eigenvalue weighted by atomic mass is 9.85. The molecule has 19 heavy (non-hydrogen) atoms. The minimum Gasteiger partial charge on any atom is -0.447 e. The normalized spacial score (nSPS) is 23.5. The van der Waals surface area contributed by atoms with E-state index in [1.807, 2.05) is 0 Å². The van der Waals surface area contributed by atoms with Gasteiger partial charge in [-0.2, -0.15) is 4.98 Å². The Bertz CT molecular complexity index is 365. The fourth-order valence-electron chi connectivity index (χ4n) is 2.74. The molecule has 1 aliphatic rings. The Morgan fingerprint density at radius 3 is 3.00 bits per heavy atom. The zero-order valence-corrected chi connectivity index (χ0v) is 12.2. The number of ether oxygens (including phenoxy) is 1. The Balaban J connectivity index is 1.84. The van der Waals surface area contributed by atoms with E-state index in [0.29, 0.717) is 12.0 Å². The molecule has 1 saturated carbocycles. The van der Waals surface area contributed by atoms with Gasteiger partial charge < -0.3 is 14.5 Å². The lowest BCUT2D eigenvalue weighted by molar-refractivity contribution is 0.0610. The Labute approximate surface area is 115 Å². The van der Waals surface area contributed by atoms with Gasteiger partial charge in [-0.3, -0.25) is 0 Å². The van der Waals surface area contributed by atoms with Crippen LogP contribution >= 0.6 is 0 Å². The summed E-state index contributed by atoms with van der Waals surface area (Å²) in [6.45, 7) is 6.15. The van der Waals surface area contributed by atoms with Crippen molar-refractivity contribution < 1.29 is 9.15 Å². The van der Waals surface area contributed by atoms with Crippen LogP contribution in [0.2, 0.25) is 0 Å². The Kier molecular flexibility index (Phi) is 5.70. The van der Waals surface area contributed by atoms with Crippen molar-refractivity contribution in [3.8, 4) is 6.08 Å².